The number of carbonyl (C=O) groups is 1. The predicted octanol–water partition coefficient (Wildman–Crippen LogP) is 1.20. The molecule has 0 N–H and O–H groups in total. The summed E-state index contributed by atoms with van der Waals surface area (Å²) < 4.78 is 0. The summed E-state index contributed by atoms with van der Waals surface area (Å²) in [7, 11) is 0. The van der Waals surface area contributed by atoms with Gasteiger partial charge < -0.3 is 0 Å². The molecule has 33 valence electrons. The van der Waals surface area contributed by atoms with Gasteiger partial charge in [-0.05, 0) is 6.42 Å². The van der Waals surface area contributed by atoms with Gasteiger partial charge in [-0.15, -0.1) is 0 Å². The highest BCUT2D eigenvalue weighted by atomic mass is 32.2. The third kappa shape index (κ3) is 0.744. The SMILES string of the molecule is O=C1CC[CH]S1. The van der Waals surface area contributed by atoms with Crippen LogP contribution in [0.2, 0.25) is 0 Å². The van der Waals surface area contributed by atoms with Crippen molar-refractivity contribution in [1.82, 2.24) is 0 Å². The van der Waals surface area contributed by atoms with Crippen molar-refractivity contribution in [2.45, 2.75) is 12.8 Å². The predicted molar refractivity (Wildman–Crippen MR) is 26.1 cm³/mol. The van der Waals surface area contributed by atoms with Crippen LogP contribution in [0, 0.1) is 5.75 Å². The molecule has 1 radical (unpaired) electrons. The van der Waals surface area contributed by atoms with Gasteiger partial charge in [-0.25, -0.2) is 0 Å². The van der Waals surface area contributed by atoms with Crippen LogP contribution in [-0.4, -0.2) is 5.12 Å². The molecule has 1 fully saturated rings. The van der Waals surface area contributed by atoms with Gasteiger partial charge in [0.05, 0.1) is 0 Å². The number of rotatable bonds is 0. The number of thioether (sulfide) groups is 1. The minimum Gasteiger partial charge on any atom is -0.287 e. The minimum absolute atomic E-state index is 0.315. The van der Waals surface area contributed by atoms with E-state index < -0.39 is 0 Å². The molecule has 0 unspecified atom stereocenters. The molecule has 0 aromatic heterocycles. The van der Waals surface area contributed by atoms with Crippen molar-refractivity contribution in [2.24, 2.45) is 0 Å². The monoisotopic (exact) mass is 101 g/mol. The van der Waals surface area contributed by atoms with E-state index in [2.05, 4.69) is 0 Å². The second-order valence-corrected chi connectivity index (χ2v) is 2.22. The summed E-state index contributed by atoms with van der Waals surface area (Å²) in [6.07, 6.45) is 1.73. The first-order valence-electron chi connectivity index (χ1n) is 1.91. The van der Waals surface area contributed by atoms with Crippen LogP contribution in [0.5, 0.6) is 0 Å². The highest BCUT2D eigenvalue weighted by Crippen LogP contribution is 2.22. The van der Waals surface area contributed by atoms with E-state index in [-0.39, 0.29) is 0 Å². The van der Waals surface area contributed by atoms with Crippen LogP contribution in [0.4, 0.5) is 0 Å². The van der Waals surface area contributed by atoms with Gasteiger partial charge in [-0.3, -0.25) is 4.79 Å². The smallest absolute Gasteiger partial charge is 0.189 e. The lowest BCUT2D eigenvalue weighted by atomic mass is 10.4. The maximum atomic E-state index is 10.2. The fourth-order valence-corrected chi connectivity index (χ4v) is 1.04. The number of hydrogen-bond donors (Lipinski definition) is 0. The van der Waals surface area contributed by atoms with E-state index in [1.807, 2.05) is 5.75 Å². The summed E-state index contributed by atoms with van der Waals surface area (Å²) >= 11 is 1.33. The van der Waals surface area contributed by atoms with Gasteiger partial charge in [0.25, 0.3) is 0 Å². The molecule has 1 aliphatic rings. The van der Waals surface area contributed by atoms with E-state index in [4.69, 9.17) is 0 Å². The zero-order chi connectivity index (χ0) is 4.41. The molecule has 1 saturated heterocycles. The molecule has 0 atom stereocenters. The van der Waals surface area contributed by atoms with Crippen molar-refractivity contribution in [1.29, 1.82) is 0 Å². The van der Waals surface area contributed by atoms with E-state index in [1.165, 1.54) is 11.8 Å². The van der Waals surface area contributed by atoms with Gasteiger partial charge in [0.1, 0.15) is 0 Å². The summed E-state index contributed by atoms with van der Waals surface area (Å²) in [5.41, 5.74) is 0. The molecule has 0 amide bonds. The molecule has 1 heterocycles. The number of carbonyl (C=O) groups excluding carboxylic acids is 1. The quantitative estimate of drug-likeness (QED) is 0.456. The molecule has 0 aromatic carbocycles. The molecular formula is C4H5OS. The summed E-state index contributed by atoms with van der Waals surface area (Å²) in [6, 6.07) is 0. The average molecular weight is 101 g/mol. The van der Waals surface area contributed by atoms with E-state index in [0.29, 0.717) is 5.12 Å². The second-order valence-electron chi connectivity index (χ2n) is 1.20. The van der Waals surface area contributed by atoms with Crippen molar-refractivity contribution < 1.29 is 4.79 Å². The van der Waals surface area contributed by atoms with Gasteiger partial charge in [-0.2, -0.15) is 0 Å². The Kier molecular flexibility index (Phi) is 1.15. The molecule has 0 saturated carbocycles. The molecule has 1 nitrogen and oxygen atoms in total. The highest BCUT2D eigenvalue weighted by molar-refractivity contribution is 8.15. The summed E-state index contributed by atoms with van der Waals surface area (Å²) in [5, 5.41) is 0.315. The fraction of sp³-hybridized carbons (Fsp3) is 0.500. The van der Waals surface area contributed by atoms with E-state index in [0.717, 1.165) is 12.8 Å². The first-order chi connectivity index (χ1) is 2.89. The first-order valence-corrected chi connectivity index (χ1v) is 2.79. The molecule has 1 rings (SSSR count). The maximum Gasteiger partial charge on any atom is 0.189 e. The van der Waals surface area contributed by atoms with E-state index in [1.54, 1.807) is 0 Å². The van der Waals surface area contributed by atoms with Gasteiger partial charge in [0, 0.05) is 12.2 Å². The summed E-state index contributed by atoms with van der Waals surface area (Å²) in [5.74, 6) is 1.95. The molecule has 0 spiro atoms. The van der Waals surface area contributed by atoms with Gasteiger partial charge in [0.15, 0.2) is 5.12 Å². The van der Waals surface area contributed by atoms with Gasteiger partial charge >= 0.3 is 0 Å². The van der Waals surface area contributed by atoms with Crippen LogP contribution in [-0.2, 0) is 4.79 Å². The Bertz CT molecular complexity index is 61.9. The van der Waals surface area contributed by atoms with Crippen LogP contribution in [0.1, 0.15) is 12.8 Å². The zero-order valence-electron chi connectivity index (χ0n) is 3.31. The van der Waals surface area contributed by atoms with Crippen molar-refractivity contribution in [2.75, 3.05) is 0 Å². The Hall–Kier alpha value is 0.0200. The molecule has 6 heavy (non-hydrogen) atoms. The topological polar surface area (TPSA) is 17.1 Å². The zero-order valence-corrected chi connectivity index (χ0v) is 4.12. The Morgan fingerprint density at radius 1 is 1.83 bits per heavy atom. The second kappa shape index (κ2) is 1.65. The van der Waals surface area contributed by atoms with Gasteiger partial charge in [0.2, 0.25) is 0 Å². The summed E-state index contributed by atoms with van der Waals surface area (Å²) in [6.45, 7) is 0. The van der Waals surface area contributed by atoms with Crippen LogP contribution >= 0.6 is 11.8 Å². The average Bonchev–Trinajstić information content (AvgIpc) is 1.86. The fourth-order valence-electron chi connectivity index (χ4n) is 0.388. The molecule has 1 aliphatic heterocycles. The Morgan fingerprint density at radius 2 is 2.67 bits per heavy atom. The van der Waals surface area contributed by atoms with Crippen molar-refractivity contribution >= 4 is 16.9 Å². The minimum atomic E-state index is 0.315. The van der Waals surface area contributed by atoms with Crippen LogP contribution < -0.4 is 0 Å². The molecule has 0 aromatic rings. The molecule has 0 aliphatic carbocycles. The highest BCUT2D eigenvalue weighted by Gasteiger charge is 2.08. The van der Waals surface area contributed by atoms with Crippen LogP contribution in [0.15, 0.2) is 0 Å². The standard InChI is InChI=1S/C4H5OS/c5-4-2-1-3-6-4/h3H,1-2H2. The number of hydrogen-bond acceptors (Lipinski definition) is 2. The van der Waals surface area contributed by atoms with Crippen molar-refractivity contribution in [3.63, 3.8) is 0 Å². The lowest BCUT2D eigenvalue weighted by Gasteiger charge is -1.70. The maximum absolute atomic E-state index is 10.2. The van der Waals surface area contributed by atoms with Crippen molar-refractivity contribution in [3.8, 4) is 0 Å². The molecule has 2 heteroatoms. The van der Waals surface area contributed by atoms with Gasteiger partial charge in [-0.1, -0.05) is 11.8 Å². The molecule has 0 bridgehead atoms. The third-order valence-electron chi connectivity index (χ3n) is 0.681. The Balaban J connectivity index is 2.37. The lowest BCUT2D eigenvalue weighted by Crippen LogP contribution is -1.75. The normalized spacial score (nSPS) is 22.3. The van der Waals surface area contributed by atoms with E-state index >= 15 is 0 Å². The molecular weight excluding hydrogens is 96.1 g/mol. The van der Waals surface area contributed by atoms with Crippen LogP contribution in [0.25, 0.3) is 0 Å². The van der Waals surface area contributed by atoms with Crippen LogP contribution in [0.3, 0.4) is 0 Å². The largest absolute Gasteiger partial charge is 0.287 e. The van der Waals surface area contributed by atoms with Crippen molar-refractivity contribution in [3.05, 3.63) is 5.75 Å². The first kappa shape index (κ1) is 4.19. The van der Waals surface area contributed by atoms with E-state index in [9.17, 15) is 4.79 Å². The Morgan fingerprint density at radius 3 is 2.83 bits per heavy atom. The Labute approximate surface area is 41.1 Å². The third-order valence-corrected chi connectivity index (χ3v) is 1.55. The summed E-state index contributed by atoms with van der Waals surface area (Å²) in [4.78, 5) is 10.2. The lowest BCUT2D eigenvalue weighted by molar-refractivity contribution is -0.110.